The van der Waals surface area contributed by atoms with Crippen LogP contribution in [-0.2, 0) is 9.59 Å². The van der Waals surface area contributed by atoms with Gasteiger partial charge in [0.25, 0.3) is 5.91 Å². The monoisotopic (exact) mass is 299 g/mol. The second-order valence-electron chi connectivity index (χ2n) is 4.37. The van der Waals surface area contributed by atoms with Crippen LogP contribution in [0.1, 0.15) is 16.8 Å². The first-order valence-electron chi connectivity index (χ1n) is 6.02. The number of nitrogens with one attached hydrogen (secondary N) is 1. The molecule has 0 spiro atoms. The van der Waals surface area contributed by atoms with Gasteiger partial charge in [-0.1, -0.05) is 0 Å². The van der Waals surface area contributed by atoms with E-state index in [1.165, 1.54) is 0 Å². The molecule has 0 saturated carbocycles. The standard InChI is InChI=1S/C12H11F2N3O4/c13-9-6(1-2-15-10(9)14)12(21)17-4-3-16-11(20)7(17)5-8(18)19/h1-2,7H,3-5H2,(H,16,20)(H,18,19). The van der Waals surface area contributed by atoms with E-state index in [1.807, 2.05) is 0 Å². The molecule has 0 aliphatic carbocycles. The Morgan fingerprint density at radius 3 is 2.86 bits per heavy atom. The average Bonchev–Trinajstić information content (AvgIpc) is 2.43. The molecule has 2 N–H and O–H groups in total. The lowest BCUT2D eigenvalue weighted by Gasteiger charge is -2.34. The zero-order chi connectivity index (χ0) is 15.6. The van der Waals surface area contributed by atoms with Gasteiger partial charge in [-0.05, 0) is 6.07 Å². The fraction of sp³-hybridized carbons (Fsp3) is 0.333. The van der Waals surface area contributed by atoms with Gasteiger partial charge in [0.1, 0.15) is 6.04 Å². The molecule has 1 saturated heterocycles. The second-order valence-corrected chi connectivity index (χ2v) is 4.37. The summed E-state index contributed by atoms with van der Waals surface area (Å²) >= 11 is 0. The number of carbonyl (C=O) groups excluding carboxylic acids is 2. The van der Waals surface area contributed by atoms with E-state index in [4.69, 9.17) is 5.11 Å². The van der Waals surface area contributed by atoms with Gasteiger partial charge in [-0.3, -0.25) is 14.4 Å². The normalized spacial score (nSPS) is 18.3. The summed E-state index contributed by atoms with van der Waals surface area (Å²) in [5.41, 5.74) is -0.590. The molecular weight excluding hydrogens is 288 g/mol. The number of carboxylic acid groups (broad SMARTS) is 1. The van der Waals surface area contributed by atoms with Gasteiger partial charge >= 0.3 is 5.97 Å². The van der Waals surface area contributed by atoms with Crippen molar-refractivity contribution in [2.24, 2.45) is 0 Å². The molecule has 1 fully saturated rings. The van der Waals surface area contributed by atoms with Crippen molar-refractivity contribution in [3.8, 4) is 0 Å². The van der Waals surface area contributed by atoms with Crippen molar-refractivity contribution in [3.63, 3.8) is 0 Å². The van der Waals surface area contributed by atoms with E-state index < -0.39 is 47.6 Å². The van der Waals surface area contributed by atoms with E-state index in [1.54, 1.807) is 0 Å². The number of halogens is 2. The number of carboxylic acids is 1. The summed E-state index contributed by atoms with van der Waals surface area (Å²) in [6.45, 7) is 0.113. The summed E-state index contributed by atoms with van der Waals surface area (Å²) in [4.78, 5) is 38.7. The third kappa shape index (κ3) is 2.96. The predicted octanol–water partition coefficient (Wildman–Crippen LogP) is -0.225. The van der Waals surface area contributed by atoms with Crippen LogP contribution in [0.4, 0.5) is 8.78 Å². The van der Waals surface area contributed by atoms with Gasteiger partial charge in [0.2, 0.25) is 11.9 Å². The minimum Gasteiger partial charge on any atom is -0.481 e. The van der Waals surface area contributed by atoms with E-state index in [9.17, 15) is 23.2 Å². The third-order valence-corrected chi connectivity index (χ3v) is 3.04. The lowest BCUT2D eigenvalue weighted by molar-refractivity contribution is -0.142. The summed E-state index contributed by atoms with van der Waals surface area (Å²) in [6.07, 6.45) is 0.300. The number of hydrogen-bond acceptors (Lipinski definition) is 4. The van der Waals surface area contributed by atoms with Gasteiger partial charge in [0.05, 0.1) is 12.0 Å². The third-order valence-electron chi connectivity index (χ3n) is 3.04. The molecule has 2 amide bonds. The summed E-state index contributed by atoms with van der Waals surface area (Å²) in [7, 11) is 0. The Kier molecular flexibility index (Phi) is 4.10. The Bertz CT molecular complexity index is 608. The van der Waals surface area contributed by atoms with E-state index in [0.29, 0.717) is 0 Å². The molecule has 7 nitrogen and oxygen atoms in total. The topological polar surface area (TPSA) is 99.6 Å². The number of aromatic nitrogens is 1. The van der Waals surface area contributed by atoms with Gasteiger partial charge in [0, 0.05) is 19.3 Å². The van der Waals surface area contributed by atoms with Gasteiger partial charge in [-0.15, -0.1) is 0 Å². The highest BCUT2D eigenvalue weighted by Crippen LogP contribution is 2.17. The molecular formula is C12H11F2N3O4. The average molecular weight is 299 g/mol. The van der Waals surface area contributed by atoms with Crippen LogP contribution in [0.5, 0.6) is 0 Å². The molecule has 1 aliphatic rings. The van der Waals surface area contributed by atoms with Crippen molar-refractivity contribution >= 4 is 17.8 Å². The Hall–Kier alpha value is -2.58. The van der Waals surface area contributed by atoms with Crippen molar-refractivity contribution in [2.75, 3.05) is 13.1 Å². The Balaban J connectivity index is 2.32. The number of nitrogens with zero attached hydrogens (tertiary/aromatic N) is 2. The maximum Gasteiger partial charge on any atom is 0.305 e. The van der Waals surface area contributed by atoms with Crippen LogP contribution in [0.2, 0.25) is 0 Å². The Morgan fingerprint density at radius 2 is 2.19 bits per heavy atom. The first-order chi connectivity index (χ1) is 9.91. The highest BCUT2D eigenvalue weighted by molar-refractivity contribution is 5.99. The molecule has 1 aromatic heterocycles. The second kappa shape index (κ2) is 5.81. The van der Waals surface area contributed by atoms with Crippen LogP contribution < -0.4 is 5.32 Å². The summed E-state index contributed by atoms with van der Waals surface area (Å²) in [5, 5.41) is 11.2. The first-order valence-corrected chi connectivity index (χ1v) is 6.02. The van der Waals surface area contributed by atoms with E-state index in [0.717, 1.165) is 17.2 Å². The molecule has 0 aromatic carbocycles. The Labute approximate surface area is 117 Å². The predicted molar refractivity (Wildman–Crippen MR) is 64.2 cm³/mol. The number of aliphatic carboxylic acids is 1. The molecule has 9 heteroatoms. The molecule has 1 aliphatic heterocycles. The number of rotatable bonds is 3. The van der Waals surface area contributed by atoms with E-state index in [2.05, 4.69) is 10.3 Å². The van der Waals surface area contributed by atoms with Crippen molar-refractivity contribution < 1.29 is 28.3 Å². The number of pyridine rings is 1. The quantitative estimate of drug-likeness (QED) is 0.751. The van der Waals surface area contributed by atoms with Crippen molar-refractivity contribution in [2.45, 2.75) is 12.5 Å². The number of piperazine rings is 1. The largest absolute Gasteiger partial charge is 0.481 e. The minimum atomic E-state index is -1.43. The van der Waals surface area contributed by atoms with Gasteiger partial charge < -0.3 is 15.3 Å². The zero-order valence-corrected chi connectivity index (χ0v) is 10.7. The molecule has 2 heterocycles. The van der Waals surface area contributed by atoms with Crippen LogP contribution in [0, 0.1) is 11.8 Å². The maximum atomic E-state index is 13.6. The smallest absolute Gasteiger partial charge is 0.305 e. The zero-order valence-electron chi connectivity index (χ0n) is 10.7. The van der Waals surface area contributed by atoms with Crippen molar-refractivity contribution in [3.05, 3.63) is 29.6 Å². The maximum absolute atomic E-state index is 13.6. The van der Waals surface area contributed by atoms with Crippen molar-refractivity contribution in [1.82, 2.24) is 15.2 Å². The molecule has 0 bridgehead atoms. The van der Waals surface area contributed by atoms with Crippen LogP contribution in [0.3, 0.4) is 0 Å². The SMILES string of the molecule is O=C(O)CC1C(=O)NCCN1C(=O)c1ccnc(F)c1F. The number of hydrogen-bond donors (Lipinski definition) is 2. The fourth-order valence-electron chi connectivity index (χ4n) is 2.06. The minimum absolute atomic E-state index is 0.00586. The molecule has 1 aromatic rings. The van der Waals surface area contributed by atoms with Gasteiger partial charge in [0.15, 0.2) is 5.82 Å². The van der Waals surface area contributed by atoms with E-state index >= 15 is 0 Å². The van der Waals surface area contributed by atoms with Gasteiger partial charge in [-0.2, -0.15) is 4.39 Å². The van der Waals surface area contributed by atoms with Crippen molar-refractivity contribution in [1.29, 1.82) is 0 Å². The first kappa shape index (κ1) is 14.8. The summed E-state index contributed by atoms with van der Waals surface area (Å²) in [6, 6.07) is -0.287. The van der Waals surface area contributed by atoms with Crippen LogP contribution >= 0.6 is 0 Å². The Morgan fingerprint density at radius 1 is 1.48 bits per heavy atom. The highest BCUT2D eigenvalue weighted by Gasteiger charge is 2.36. The van der Waals surface area contributed by atoms with Gasteiger partial charge in [-0.25, -0.2) is 9.37 Å². The molecule has 0 radical (unpaired) electrons. The molecule has 1 atom stereocenters. The number of carbonyl (C=O) groups is 3. The lowest BCUT2D eigenvalue weighted by Crippen LogP contribution is -2.57. The number of amides is 2. The molecule has 112 valence electrons. The molecule has 21 heavy (non-hydrogen) atoms. The lowest BCUT2D eigenvalue weighted by atomic mass is 10.1. The van der Waals surface area contributed by atoms with E-state index in [-0.39, 0.29) is 13.1 Å². The van der Waals surface area contributed by atoms with Crippen LogP contribution in [-0.4, -0.2) is 51.9 Å². The summed E-state index contributed by atoms with van der Waals surface area (Å²) in [5.74, 6) is -5.74. The van der Waals surface area contributed by atoms with Crippen LogP contribution in [0.25, 0.3) is 0 Å². The molecule has 2 rings (SSSR count). The summed E-state index contributed by atoms with van der Waals surface area (Å²) < 4.78 is 26.7. The fourth-order valence-corrected chi connectivity index (χ4v) is 2.06. The highest BCUT2D eigenvalue weighted by atomic mass is 19.2. The van der Waals surface area contributed by atoms with Crippen LogP contribution in [0.15, 0.2) is 12.3 Å². The molecule has 1 unspecified atom stereocenters.